The highest BCUT2D eigenvalue weighted by Crippen LogP contribution is 2.45. The largest absolute Gasteiger partial charge is 0.487 e. The van der Waals surface area contributed by atoms with Gasteiger partial charge in [0.2, 0.25) is 5.43 Å². The summed E-state index contributed by atoms with van der Waals surface area (Å²) in [4.78, 5) is 29.8. The van der Waals surface area contributed by atoms with E-state index in [0.717, 1.165) is 29.4 Å². The maximum absolute atomic E-state index is 15.3. The van der Waals surface area contributed by atoms with Crippen LogP contribution in [0.2, 0.25) is 0 Å². The maximum atomic E-state index is 15.3. The number of pyridine rings is 1. The number of halogens is 3. The number of carbonyl (C=O) groups is 1. The first-order valence-corrected chi connectivity index (χ1v) is 14.6. The average Bonchev–Trinajstić information content (AvgIpc) is 3.11. The number of hydrogen-bond donors (Lipinski definition) is 0. The second-order valence-electron chi connectivity index (χ2n) is 9.62. The van der Waals surface area contributed by atoms with Gasteiger partial charge in [0, 0.05) is 29.0 Å². The van der Waals surface area contributed by atoms with Crippen LogP contribution in [0.4, 0.5) is 8.78 Å². The van der Waals surface area contributed by atoms with Gasteiger partial charge in [0.05, 0.1) is 30.3 Å². The third-order valence-corrected chi connectivity index (χ3v) is 9.03. The number of unbranched alkanes of at least 4 members (excludes halogenated alkanes) is 1. The fourth-order valence-electron chi connectivity index (χ4n) is 5.45. The molecule has 11 heteroatoms. The number of hydrogen-bond acceptors (Lipinski definition) is 6. The minimum atomic E-state index is -0.908. The summed E-state index contributed by atoms with van der Waals surface area (Å²) in [7, 11) is 0. The third-order valence-electron chi connectivity index (χ3n) is 7.35. The maximum Gasteiger partial charge on any atom is 0.278 e. The summed E-state index contributed by atoms with van der Waals surface area (Å²) < 4.78 is 43.4. The first-order chi connectivity index (χ1) is 18.9. The Morgan fingerprint density at radius 1 is 1.15 bits per heavy atom. The lowest BCUT2D eigenvalue weighted by Gasteiger charge is -2.51. The molecule has 1 saturated heterocycles. The van der Waals surface area contributed by atoms with E-state index in [-0.39, 0.29) is 46.4 Å². The summed E-state index contributed by atoms with van der Waals surface area (Å²) in [6, 6.07) is 9.87. The summed E-state index contributed by atoms with van der Waals surface area (Å²) in [5.41, 5.74) is 1.42. The van der Waals surface area contributed by atoms with E-state index in [0.29, 0.717) is 18.7 Å². The van der Waals surface area contributed by atoms with Crippen molar-refractivity contribution in [1.82, 2.24) is 9.58 Å². The van der Waals surface area contributed by atoms with Crippen LogP contribution in [0.3, 0.4) is 0 Å². The Bertz CT molecular complexity index is 1520. The summed E-state index contributed by atoms with van der Waals surface area (Å²) in [6.07, 6.45) is 2.57. The van der Waals surface area contributed by atoms with Crippen molar-refractivity contribution < 1.29 is 23.0 Å². The number of nitrogens with zero attached hydrogens (tertiary/aromatic N) is 3. The lowest BCUT2D eigenvalue weighted by atomic mass is 9.93. The molecule has 1 fully saturated rings. The number of thioether (sulfide) groups is 1. The van der Waals surface area contributed by atoms with Crippen molar-refractivity contribution in [2.45, 2.75) is 42.6 Å². The standard InChI is InChI=1S/C28H26BrF2N3O4S/c1-2-3-11-38-27-25-28(36)32-10-12-37-14-22(32)34(33(25)13-19(29)26(27)35)24-16-8-9-20(30)23(31)18(16)15-39-21-7-5-4-6-17(21)24/h4-9,13,22,24H,2-3,10-12,14-15H2,1H3. The summed E-state index contributed by atoms with van der Waals surface area (Å²) in [5, 5.41) is 1.94. The molecule has 2 aromatic carbocycles. The molecular weight excluding hydrogens is 592 g/mol. The van der Waals surface area contributed by atoms with E-state index in [2.05, 4.69) is 15.9 Å². The quantitative estimate of drug-likeness (QED) is 0.366. The van der Waals surface area contributed by atoms with Gasteiger partial charge in [0.1, 0.15) is 6.17 Å². The highest BCUT2D eigenvalue weighted by Gasteiger charge is 2.46. The van der Waals surface area contributed by atoms with Gasteiger partial charge in [-0.1, -0.05) is 37.6 Å². The van der Waals surface area contributed by atoms with E-state index in [1.54, 1.807) is 21.8 Å². The van der Waals surface area contributed by atoms with Crippen LogP contribution in [0.5, 0.6) is 5.75 Å². The summed E-state index contributed by atoms with van der Waals surface area (Å²) in [6.45, 7) is 3.15. The molecule has 39 heavy (non-hydrogen) atoms. The van der Waals surface area contributed by atoms with E-state index in [9.17, 15) is 14.0 Å². The topological polar surface area (TPSA) is 64.0 Å². The minimum Gasteiger partial charge on any atom is -0.487 e. The van der Waals surface area contributed by atoms with Gasteiger partial charge in [-0.3, -0.25) is 19.3 Å². The van der Waals surface area contributed by atoms with E-state index in [1.165, 1.54) is 11.8 Å². The van der Waals surface area contributed by atoms with Gasteiger partial charge < -0.3 is 14.4 Å². The first kappa shape index (κ1) is 26.3. The highest BCUT2D eigenvalue weighted by molar-refractivity contribution is 9.10. The zero-order chi connectivity index (χ0) is 27.3. The second kappa shape index (κ2) is 10.6. The summed E-state index contributed by atoms with van der Waals surface area (Å²) in [5.74, 6) is -1.91. The van der Waals surface area contributed by atoms with E-state index in [4.69, 9.17) is 9.47 Å². The number of aromatic nitrogens is 1. The molecule has 0 spiro atoms. The van der Waals surface area contributed by atoms with Gasteiger partial charge in [-0.2, -0.15) is 0 Å². The molecular formula is C28H26BrF2N3O4S. The van der Waals surface area contributed by atoms with E-state index < -0.39 is 29.3 Å². The van der Waals surface area contributed by atoms with E-state index >= 15 is 4.39 Å². The predicted molar refractivity (Wildman–Crippen MR) is 147 cm³/mol. The van der Waals surface area contributed by atoms with Crippen LogP contribution in [-0.4, -0.2) is 48.0 Å². The van der Waals surface area contributed by atoms with Gasteiger partial charge in [-0.15, -0.1) is 11.8 Å². The van der Waals surface area contributed by atoms with Crippen molar-refractivity contribution in [3.8, 4) is 5.75 Å². The van der Waals surface area contributed by atoms with Crippen molar-refractivity contribution in [3.63, 3.8) is 0 Å². The molecule has 3 aliphatic rings. The van der Waals surface area contributed by atoms with Crippen LogP contribution in [0.25, 0.3) is 0 Å². The minimum absolute atomic E-state index is 0.0282. The Hall–Kier alpha value is -2.89. The Labute approximate surface area is 236 Å². The molecule has 2 atom stereocenters. The predicted octanol–water partition coefficient (Wildman–Crippen LogP) is 5.21. The number of ether oxygens (including phenoxy) is 2. The van der Waals surface area contributed by atoms with Gasteiger partial charge in [-0.05, 0) is 45.6 Å². The first-order valence-electron chi connectivity index (χ1n) is 12.9. The van der Waals surface area contributed by atoms with Gasteiger partial charge in [0.25, 0.3) is 5.91 Å². The smallest absolute Gasteiger partial charge is 0.278 e. The molecule has 0 saturated carbocycles. The normalized spacial score (nSPS) is 20.1. The number of carbonyl (C=O) groups excluding carboxylic acids is 1. The number of rotatable bonds is 5. The van der Waals surface area contributed by atoms with Crippen molar-refractivity contribution in [2.75, 3.05) is 31.4 Å². The molecule has 1 aromatic heterocycles. The lowest BCUT2D eigenvalue weighted by molar-refractivity contribution is -0.0199. The number of fused-ring (bicyclic) bond motifs is 4. The SMILES string of the molecule is CCCCOc1c2n(cc(Br)c1=O)N(C1c3ccccc3SCc3c1ccc(F)c3F)C1COCCN1C2=O. The van der Waals surface area contributed by atoms with Gasteiger partial charge in [0.15, 0.2) is 23.1 Å². The molecule has 0 bridgehead atoms. The van der Waals surface area contributed by atoms with Gasteiger partial charge >= 0.3 is 0 Å². The second-order valence-corrected chi connectivity index (χ2v) is 11.5. The molecule has 4 heterocycles. The Balaban J connectivity index is 1.64. The highest BCUT2D eigenvalue weighted by atomic mass is 79.9. The zero-order valence-electron chi connectivity index (χ0n) is 21.2. The van der Waals surface area contributed by atoms with Crippen molar-refractivity contribution in [1.29, 1.82) is 0 Å². The molecule has 1 amide bonds. The molecule has 6 rings (SSSR count). The van der Waals surface area contributed by atoms with Crippen molar-refractivity contribution in [3.05, 3.63) is 91.3 Å². The van der Waals surface area contributed by atoms with Crippen LogP contribution >= 0.6 is 27.7 Å². The average molecular weight is 618 g/mol. The van der Waals surface area contributed by atoms with E-state index in [1.807, 2.05) is 36.2 Å². The molecule has 0 radical (unpaired) electrons. The molecule has 204 valence electrons. The molecule has 3 aliphatic heterocycles. The fraction of sp³-hybridized carbons (Fsp3) is 0.357. The monoisotopic (exact) mass is 617 g/mol. The molecule has 2 unspecified atom stereocenters. The number of morpholine rings is 1. The lowest BCUT2D eigenvalue weighted by Crippen LogP contribution is -2.66. The van der Waals surface area contributed by atoms with Crippen molar-refractivity contribution >= 4 is 33.6 Å². The Morgan fingerprint density at radius 3 is 2.79 bits per heavy atom. The summed E-state index contributed by atoms with van der Waals surface area (Å²) >= 11 is 4.82. The Morgan fingerprint density at radius 2 is 1.97 bits per heavy atom. The van der Waals surface area contributed by atoms with Crippen LogP contribution in [-0.2, 0) is 10.5 Å². The molecule has 0 aliphatic carbocycles. The van der Waals surface area contributed by atoms with Crippen LogP contribution < -0.4 is 15.2 Å². The molecule has 7 nitrogen and oxygen atoms in total. The fourth-order valence-corrected chi connectivity index (χ4v) is 6.94. The number of benzene rings is 2. The van der Waals surface area contributed by atoms with Crippen molar-refractivity contribution in [2.24, 2.45) is 0 Å². The van der Waals surface area contributed by atoms with Crippen LogP contribution in [0.1, 0.15) is 53.0 Å². The van der Waals surface area contributed by atoms with Crippen LogP contribution in [0.15, 0.2) is 56.8 Å². The Kier molecular flexibility index (Phi) is 7.15. The van der Waals surface area contributed by atoms with Crippen LogP contribution in [0, 0.1) is 11.6 Å². The zero-order valence-corrected chi connectivity index (χ0v) is 23.6. The molecule has 3 aromatic rings. The third kappa shape index (κ3) is 4.35. The molecule has 0 N–H and O–H groups in total. The number of amides is 1. The van der Waals surface area contributed by atoms with Gasteiger partial charge in [-0.25, -0.2) is 8.78 Å².